The van der Waals surface area contributed by atoms with Crippen molar-refractivity contribution in [3.05, 3.63) is 40.9 Å². The summed E-state index contributed by atoms with van der Waals surface area (Å²) < 4.78 is 5.77. The molecule has 26 heavy (non-hydrogen) atoms. The van der Waals surface area contributed by atoms with Gasteiger partial charge >= 0.3 is 5.97 Å². The quantitative estimate of drug-likeness (QED) is 0.601. The van der Waals surface area contributed by atoms with Gasteiger partial charge in [-0.1, -0.05) is 42.2 Å². The fraction of sp³-hybridized carbons (Fsp3) is 0.222. The predicted octanol–water partition coefficient (Wildman–Crippen LogP) is 3.31. The lowest BCUT2D eigenvalue weighted by atomic mass is 10.2. The molecule has 1 aliphatic heterocycles. The molecule has 1 N–H and O–H groups in total. The number of pyridine rings is 1. The second-order valence-corrected chi connectivity index (χ2v) is 7.27. The summed E-state index contributed by atoms with van der Waals surface area (Å²) >= 11 is 6.45. The third-order valence-corrected chi connectivity index (χ3v) is 5.23. The Morgan fingerprint density at radius 3 is 2.92 bits per heavy atom. The van der Waals surface area contributed by atoms with Gasteiger partial charge in [0.2, 0.25) is 0 Å². The number of methoxy groups -OCH3 is 1. The van der Waals surface area contributed by atoms with E-state index >= 15 is 0 Å². The van der Waals surface area contributed by atoms with E-state index in [0.29, 0.717) is 33.6 Å². The molecule has 0 bridgehead atoms. The summed E-state index contributed by atoms with van der Waals surface area (Å²) in [5, 5.41) is 9.67. The van der Waals surface area contributed by atoms with Gasteiger partial charge in [0, 0.05) is 18.4 Å². The van der Waals surface area contributed by atoms with Crippen LogP contribution in [0.15, 0.2) is 35.2 Å². The highest BCUT2D eigenvalue weighted by atomic mass is 32.2. The molecule has 1 saturated heterocycles. The summed E-state index contributed by atoms with van der Waals surface area (Å²) in [6.07, 6.45) is 2.06. The summed E-state index contributed by atoms with van der Waals surface area (Å²) in [4.78, 5) is 29.7. The fourth-order valence-electron chi connectivity index (χ4n) is 2.60. The molecule has 1 aliphatic rings. The van der Waals surface area contributed by atoms with Crippen molar-refractivity contribution in [3.8, 4) is 5.75 Å². The number of hydrogen-bond donors (Lipinski definition) is 1. The molecular weight excluding hydrogens is 372 g/mol. The van der Waals surface area contributed by atoms with Gasteiger partial charge in [0.25, 0.3) is 5.91 Å². The number of hydrogen-bond acceptors (Lipinski definition) is 6. The molecule has 0 aliphatic carbocycles. The molecule has 2 heterocycles. The number of amides is 1. The second kappa shape index (κ2) is 7.84. The topological polar surface area (TPSA) is 79.7 Å². The monoisotopic (exact) mass is 388 g/mol. The second-order valence-electron chi connectivity index (χ2n) is 5.60. The Morgan fingerprint density at radius 1 is 1.38 bits per heavy atom. The van der Waals surface area contributed by atoms with Gasteiger partial charge in [0.1, 0.15) is 15.6 Å². The molecule has 0 atom stereocenters. The van der Waals surface area contributed by atoms with E-state index in [1.165, 1.54) is 16.7 Å². The SMILES string of the molecule is COc1cccc2ccc(/C=C3\SC(=S)N(CCCC(=O)O)C3=O)nc12. The third kappa shape index (κ3) is 3.86. The number of aromatic nitrogens is 1. The van der Waals surface area contributed by atoms with Crippen molar-refractivity contribution in [2.45, 2.75) is 12.8 Å². The Kier molecular flexibility index (Phi) is 5.53. The molecule has 1 aromatic heterocycles. The number of thioether (sulfide) groups is 1. The average Bonchev–Trinajstić information content (AvgIpc) is 2.88. The number of thiocarbonyl (C=S) groups is 1. The van der Waals surface area contributed by atoms with Crippen LogP contribution in [0.4, 0.5) is 0 Å². The number of carboxylic acid groups (broad SMARTS) is 1. The van der Waals surface area contributed by atoms with Crippen molar-refractivity contribution < 1.29 is 19.4 Å². The Labute approximate surface area is 159 Å². The zero-order valence-electron chi connectivity index (χ0n) is 14.0. The number of fused-ring (bicyclic) bond motifs is 1. The van der Waals surface area contributed by atoms with E-state index < -0.39 is 5.97 Å². The van der Waals surface area contributed by atoms with Crippen LogP contribution in [-0.4, -0.2) is 44.8 Å². The molecule has 134 valence electrons. The number of carbonyl (C=O) groups is 2. The Bertz CT molecular complexity index is 927. The van der Waals surface area contributed by atoms with E-state index in [1.54, 1.807) is 13.2 Å². The summed E-state index contributed by atoms with van der Waals surface area (Å²) in [6.45, 7) is 0.299. The molecule has 0 spiro atoms. The van der Waals surface area contributed by atoms with Gasteiger partial charge in [-0.15, -0.1) is 0 Å². The first-order valence-corrected chi connectivity index (χ1v) is 9.13. The van der Waals surface area contributed by atoms with Crippen LogP contribution in [0.1, 0.15) is 18.5 Å². The molecule has 8 heteroatoms. The van der Waals surface area contributed by atoms with Gasteiger partial charge in [-0.25, -0.2) is 4.98 Å². The molecule has 6 nitrogen and oxygen atoms in total. The molecule has 1 amide bonds. The van der Waals surface area contributed by atoms with Crippen molar-refractivity contribution in [2.75, 3.05) is 13.7 Å². The molecule has 3 rings (SSSR count). The highest BCUT2D eigenvalue weighted by Crippen LogP contribution is 2.33. The number of nitrogens with zero attached hydrogens (tertiary/aromatic N) is 2. The van der Waals surface area contributed by atoms with Crippen LogP contribution < -0.4 is 4.74 Å². The summed E-state index contributed by atoms with van der Waals surface area (Å²) in [5.74, 6) is -0.438. The molecule has 1 aromatic carbocycles. The van der Waals surface area contributed by atoms with Crippen LogP contribution in [0.3, 0.4) is 0 Å². The van der Waals surface area contributed by atoms with E-state index in [2.05, 4.69) is 4.98 Å². The highest BCUT2D eigenvalue weighted by Gasteiger charge is 2.31. The average molecular weight is 388 g/mol. The van der Waals surface area contributed by atoms with E-state index in [1.807, 2.05) is 30.3 Å². The van der Waals surface area contributed by atoms with Crippen LogP contribution in [-0.2, 0) is 9.59 Å². The van der Waals surface area contributed by atoms with Crippen molar-refractivity contribution in [1.29, 1.82) is 0 Å². The molecule has 0 saturated carbocycles. The van der Waals surface area contributed by atoms with Crippen molar-refractivity contribution in [2.24, 2.45) is 0 Å². The van der Waals surface area contributed by atoms with Gasteiger partial charge < -0.3 is 9.84 Å². The van der Waals surface area contributed by atoms with Crippen LogP contribution in [0, 0.1) is 0 Å². The summed E-state index contributed by atoms with van der Waals surface area (Å²) in [5.41, 5.74) is 1.36. The van der Waals surface area contributed by atoms with E-state index in [9.17, 15) is 9.59 Å². The van der Waals surface area contributed by atoms with Gasteiger partial charge in [0.05, 0.1) is 17.7 Å². The predicted molar refractivity (Wildman–Crippen MR) is 105 cm³/mol. The minimum Gasteiger partial charge on any atom is -0.494 e. The third-order valence-electron chi connectivity index (χ3n) is 3.85. The molecular formula is C18H16N2O4S2. The number of carboxylic acids is 1. The molecule has 1 fully saturated rings. The van der Waals surface area contributed by atoms with Crippen LogP contribution in [0.2, 0.25) is 0 Å². The minimum absolute atomic E-state index is 0.00212. The Balaban J connectivity index is 1.83. The van der Waals surface area contributed by atoms with Crippen molar-refractivity contribution in [1.82, 2.24) is 9.88 Å². The number of benzene rings is 1. The zero-order chi connectivity index (χ0) is 18.7. The maximum Gasteiger partial charge on any atom is 0.303 e. The van der Waals surface area contributed by atoms with Gasteiger partial charge in [-0.3, -0.25) is 14.5 Å². The van der Waals surface area contributed by atoms with E-state index in [4.69, 9.17) is 22.1 Å². The van der Waals surface area contributed by atoms with Gasteiger partial charge in [-0.2, -0.15) is 0 Å². The Hall–Kier alpha value is -2.45. The smallest absolute Gasteiger partial charge is 0.303 e. The van der Waals surface area contributed by atoms with Crippen LogP contribution in [0.5, 0.6) is 5.75 Å². The summed E-state index contributed by atoms with van der Waals surface area (Å²) in [6, 6.07) is 9.42. The fourth-order valence-corrected chi connectivity index (χ4v) is 3.89. The first-order chi connectivity index (χ1) is 12.5. The van der Waals surface area contributed by atoms with E-state index in [-0.39, 0.29) is 12.3 Å². The van der Waals surface area contributed by atoms with Gasteiger partial charge in [0.15, 0.2) is 0 Å². The number of carbonyl (C=O) groups excluding carboxylic acids is 1. The first-order valence-electron chi connectivity index (χ1n) is 7.90. The highest BCUT2D eigenvalue weighted by molar-refractivity contribution is 8.26. The first kappa shape index (κ1) is 18.3. The molecule has 0 radical (unpaired) electrons. The lowest BCUT2D eigenvalue weighted by molar-refractivity contribution is -0.137. The Morgan fingerprint density at radius 2 is 2.19 bits per heavy atom. The number of aliphatic carboxylic acids is 1. The summed E-state index contributed by atoms with van der Waals surface area (Å²) in [7, 11) is 1.59. The minimum atomic E-state index is -0.889. The van der Waals surface area contributed by atoms with E-state index in [0.717, 1.165) is 10.9 Å². The maximum atomic E-state index is 12.5. The standard InChI is InChI=1S/C18H16N2O4S2/c1-24-13-5-2-4-11-7-8-12(19-16(11)13)10-14-17(23)20(18(25)26-14)9-3-6-15(21)22/h2,4-5,7-8,10H,3,6,9H2,1H3,(H,21,22)/b14-10-. The molecule has 0 unspecified atom stereocenters. The largest absolute Gasteiger partial charge is 0.494 e. The number of rotatable bonds is 6. The van der Waals surface area contributed by atoms with Crippen molar-refractivity contribution in [3.63, 3.8) is 0 Å². The maximum absolute atomic E-state index is 12.5. The molecule has 2 aromatic rings. The zero-order valence-corrected chi connectivity index (χ0v) is 15.6. The lowest BCUT2D eigenvalue weighted by Crippen LogP contribution is -2.29. The van der Waals surface area contributed by atoms with Gasteiger partial charge in [-0.05, 0) is 24.6 Å². The number of ether oxygens (including phenoxy) is 1. The van der Waals surface area contributed by atoms with Crippen molar-refractivity contribution >= 4 is 57.2 Å². The lowest BCUT2D eigenvalue weighted by Gasteiger charge is -2.13. The van der Waals surface area contributed by atoms with Crippen LogP contribution >= 0.6 is 24.0 Å². The van der Waals surface area contributed by atoms with Crippen LogP contribution in [0.25, 0.3) is 17.0 Å². The number of para-hydroxylation sites is 1. The normalized spacial score (nSPS) is 15.9.